The molecular formula is C17H17N5O4. The van der Waals surface area contributed by atoms with Crippen LogP contribution in [0.5, 0.6) is 0 Å². The summed E-state index contributed by atoms with van der Waals surface area (Å²) >= 11 is 0. The van der Waals surface area contributed by atoms with Gasteiger partial charge in [0.05, 0.1) is 28.9 Å². The number of benzene rings is 2. The zero-order valence-electron chi connectivity index (χ0n) is 14.0. The number of aromatic nitrogens is 2. The smallest absolute Gasteiger partial charge is 0.293 e. The van der Waals surface area contributed by atoms with Gasteiger partial charge in [-0.1, -0.05) is 12.1 Å². The van der Waals surface area contributed by atoms with Crippen molar-refractivity contribution in [2.45, 2.75) is 0 Å². The van der Waals surface area contributed by atoms with E-state index in [2.05, 4.69) is 20.8 Å². The fraction of sp³-hybridized carbons (Fsp3) is 0.176. The standard InChI is InChI=1S/C17H17N5O4/c1-26-8-7-18-13-6-5-11(9-15(13)22(24)25)17(23)20-14-4-2-3-12-10-19-21-16(12)14/h2-6,9-10,18H,7-8H2,1H3,(H,19,21)(H,20,23). The number of H-pyrrole nitrogens is 1. The molecule has 2 aromatic carbocycles. The molecule has 0 saturated carbocycles. The lowest BCUT2D eigenvalue weighted by molar-refractivity contribution is -0.384. The van der Waals surface area contributed by atoms with Gasteiger partial charge in [-0.15, -0.1) is 0 Å². The number of nitro benzene ring substituents is 1. The fourth-order valence-corrected chi connectivity index (χ4v) is 2.53. The van der Waals surface area contributed by atoms with Gasteiger partial charge >= 0.3 is 0 Å². The number of rotatable bonds is 7. The predicted molar refractivity (Wildman–Crippen MR) is 97.5 cm³/mol. The van der Waals surface area contributed by atoms with Gasteiger partial charge in [0, 0.05) is 30.7 Å². The third-order valence-electron chi connectivity index (χ3n) is 3.80. The molecule has 0 spiro atoms. The molecule has 0 fully saturated rings. The van der Waals surface area contributed by atoms with Crippen molar-refractivity contribution in [2.24, 2.45) is 0 Å². The minimum absolute atomic E-state index is 0.173. The quantitative estimate of drug-likeness (QED) is 0.340. The lowest BCUT2D eigenvalue weighted by Gasteiger charge is -2.09. The van der Waals surface area contributed by atoms with Gasteiger partial charge in [-0.2, -0.15) is 5.10 Å². The Hall–Kier alpha value is -3.46. The van der Waals surface area contributed by atoms with Crippen molar-refractivity contribution >= 4 is 33.9 Å². The SMILES string of the molecule is COCCNc1ccc(C(=O)Nc2cccc3cn[nH]c23)cc1[N+](=O)[O-]. The van der Waals surface area contributed by atoms with E-state index in [0.717, 1.165) is 5.39 Å². The van der Waals surface area contributed by atoms with Crippen LogP contribution in [0.1, 0.15) is 10.4 Å². The lowest BCUT2D eigenvalue weighted by atomic mass is 10.1. The van der Waals surface area contributed by atoms with Gasteiger partial charge in [-0.05, 0) is 18.2 Å². The van der Waals surface area contributed by atoms with E-state index in [4.69, 9.17) is 4.74 Å². The number of fused-ring (bicyclic) bond motifs is 1. The van der Waals surface area contributed by atoms with Crippen LogP contribution in [0.25, 0.3) is 10.9 Å². The lowest BCUT2D eigenvalue weighted by Crippen LogP contribution is -2.14. The summed E-state index contributed by atoms with van der Waals surface area (Å²) in [7, 11) is 1.55. The van der Waals surface area contributed by atoms with Gasteiger partial charge in [-0.3, -0.25) is 20.0 Å². The number of ether oxygens (including phenoxy) is 1. The molecule has 0 saturated heterocycles. The first-order valence-electron chi connectivity index (χ1n) is 7.85. The Balaban J connectivity index is 1.84. The van der Waals surface area contributed by atoms with Gasteiger partial charge in [0.1, 0.15) is 5.69 Å². The number of amides is 1. The molecule has 0 radical (unpaired) electrons. The first-order valence-corrected chi connectivity index (χ1v) is 7.85. The number of carbonyl (C=O) groups is 1. The first-order chi connectivity index (χ1) is 12.6. The number of anilines is 2. The van der Waals surface area contributed by atoms with Crippen molar-refractivity contribution in [1.82, 2.24) is 10.2 Å². The largest absolute Gasteiger partial charge is 0.383 e. The maximum Gasteiger partial charge on any atom is 0.293 e. The molecule has 9 heteroatoms. The van der Waals surface area contributed by atoms with Crippen LogP contribution in [0.15, 0.2) is 42.6 Å². The molecule has 0 unspecified atom stereocenters. The summed E-state index contributed by atoms with van der Waals surface area (Å²) in [6.45, 7) is 0.832. The highest BCUT2D eigenvalue weighted by Gasteiger charge is 2.18. The number of hydrogen-bond donors (Lipinski definition) is 3. The van der Waals surface area contributed by atoms with E-state index in [-0.39, 0.29) is 11.3 Å². The number of para-hydroxylation sites is 1. The van der Waals surface area contributed by atoms with Crippen LogP contribution in [-0.2, 0) is 4.74 Å². The zero-order valence-corrected chi connectivity index (χ0v) is 14.0. The highest BCUT2D eigenvalue weighted by molar-refractivity contribution is 6.08. The Morgan fingerprint density at radius 3 is 2.92 bits per heavy atom. The van der Waals surface area contributed by atoms with Crippen molar-refractivity contribution < 1.29 is 14.5 Å². The first kappa shape index (κ1) is 17.4. The fourth-order valence-electron chi connectivity index (χ4n) is 2.53. The Morgan fingerprint density at radius 1 is 1.31 bits per heavy atom. The second-order valence-corrected chi connectivity index (χ2v) is 5.50. The number of hydrogen-bond acceptors (Lipinski definition) is 6. The highest BCUT2D eigenvalue weighted by atomic mass is 16.6. The van der Waals surface area contributed by atoms with Gasteiger partial charge in [0.15, 0.2) is 0 Å². The van der Waals surface area contributed by atoms with E-state index in [0.29, 0.717) is 30.0 Å². The van der Waals surface area contributed by atoms with Crippen molar-refractivity contribution in [1.29, 1.82) is 0 Å². The van der Waals surface area contributed by atoms with Crippen LogP contribution in [-0.4, -0.2) is 41.3 Å². The summed E-state index contributed by atoms with van der Waals surface area (Å²) in [5, 5.41) is 24.6. The highest BCUT2D eigenvalue weighted by Crippen LogP contribution is 2.27. The molecule has 0 aliphatic heterocycles. The van der Waals surface area contributed by atoms with E-state index in [9.17, 15) is 14.9 Å². The molecule has 0 atom stereocenters. The average Bonchev–Trinajstić information content (AvgIpc) is 3.11. The molecule has 0 aliphatic rings. The third kappa shape index (κ3) is 3.62. The molecule has 134 valence electrons. The summed E-state index contributed by atoms with van der Waals surface area (Å²) in [4.78, 5) is 23.3. The van der Waals surface area contributed by atoms with Crippen LogP contribution in [0, 0.1) is 10.1 Å². The number of nitrogens with zero attached hydrogens (tertiary/aromatic N) is 2. The van der Waals surface area contributed by atoms with E-state index in [1.165, 1.54) is 18.2 Å². The normalized spacial score (nSPS) is 10.7. The zero-order chi connectivity index (χ0) is 18.5. The number of carbonyl (C=O) groups excluding carboxylic acids is 1. The number of nitro groups is 1. The predicted octanol–water partition coefficient (Wildman–Crippen LogP) is 2.78. The molecule has 0 bridgehead atoms. The summed E-state index contributed by atoms with van der Waals surface area (Å²) in [6.07, 6.45) is 1.65. The molecule has 9 nitrogen and oxygen atoms in total. The van der Waals surface area contributed by atoms with Gasteiger partial charge in [0.25, 0.3) is 11.6 Å². The maximum atomic E-state index is 12.5. The second-order valence-electron chi connectivity index (χ2n) is 5.50. The Bertz CT molecular complexity index is 953. The Labute approximate surface area is 148 Å². The van der Waals surface area contributed by atoms with E-state index < -0.39 is 10.8 Å². The summed E-state index contributed by atoms with van der Waals surface area (Å²) in [5.74, 6) is -0.446. The van der Waals surface area contributed by atoms with Crippen LogP contribution in [0.2, 0.25) is 0 Å². The topological polar surface area (TPSA) is 122 Å². The van der Waals surface area contributed by atoms with Crippen molar-refractivity contribution in [3.63, 3.8) is 0 Å². The van der Waals surface area contributed by atoms with Crippen LogP contribution in [0.3, 0.4) is 0 Å². The molecule has 3 rings (SSSR count). The summed E-state index contributed by atoms with van der Waals surface area (Å²) in [5.41, 5.74) is 1.58. The third-order valence-corrected chi connectivity index (χ3v) is 3.80. The molecule has 1 aromatic heterocycles. The Kier molecular flexibility index (Phi) is 5.09. The summed E-state index contributed by atoms with van der Waals surface area (Å²) < 4.78 is 4.92. The molecule has 0 aliphatic carbocycles. The minimum atomic E-state index is -0.526. The van der Waals surface area contributed by atoms with Gasteiger partial charge < -0.3 is 15.4 Å². The molecular weight excluding hydrogens is 338 g/mol. The van der Waals surface area contributed by atoms with E-state index >= 15 is 0 Å². The average molecular weight is 355 g/mol. The van der Waals surface area contributed by atoms with Crippen LogP contribution in [0.4, 0.5) is 17.1 Å². The molecule has 3 aromatic rings. The second kappa shape index (κ2) is 7.62. The van der Waals surface area contributed by atoms with Crippen LogP contribution >= 0.6 is 0 Å². The van der Waals surface area contributed by atoms with E-state index in [1.54, 1.807) is 25.4 Å². The minimum Gasteiger partial charge on any atom is -0.383 e. The molecule has 26 heavy (non-hydrogen) atoms. The van der Waals surface area contributed by atoms with Crippen LogP contribution < -0.4 is 10.6 Å². The van der Waals surface area contributed by atoms with Gasteiger partial charge in [-0.25, -0.2) is 0 Å². The van der Waals surface area contributed by atoms with Crippen molar-refractivity contribution in [3.8, 4) is 0 Å². The summed E-state index contributed by atoms with van der Waals surface area (Å²) in [6, 6.07) is 9.67. The van der Waals surface area contributed by atoms with Gasteiger partial charge in [0.2, 0.25) is 0 Å². The Morgan fingerprint density at radius 2 is 2.15 bits per heavy atom. The van der Waals surface area contributed by atoms with Crippen molar-refractivity contribution in [2.75, 3.05) is 30.9 Å². The monoisotopic (exact) mass is 355 g/mol. The number of methoxy groups -OCH3 is 1. The maximum absolute atomic E-state index is 12.5. The van der Waals surface area contributed by atoms with Crippen molar-refractivity contribution in [3.05, 3.63) is 58.3 Å². The molecule has 1 amide bonds. The van der Waals surface area contributed by atoms with E-state index in [1.807, 2.05) is 6.07 Å². The molecule has 1 heterocycles. The number of aromatic amines is 1. The number of nitrogens with one attached hydrogen (secondary N) is 3. The molecule has 3 N–H and O–H groups in total.